The summed E-state index contributed by atoms with van der Waals surface area (Å²) in [7, 11) is 2.22. The average Bonchev–Trinajstić information content (AvgIpc) is 2.89. The van der Waals surface area contributed by atoms with Crippen molar-refractivity contribution in [2.45, 2.75) is 37.8 Å². The number of nitrogens with zero attached hydrogens (tertiary/aromatic N) is 2. The molecule has 0 amide bonds. The van der Waals surface area contributed by atoms with E-state index < -0.39 is 0 Å². The molecule has 20 heavy (non-hydrogen) atoms. The molecule has 0 bridgehead atoms. The van der Waals surface area contributed by atoms with Crippen molar-refractivity contribution in [3.05, 3.63) is 42.1 Å². The number of likely N-dealkylation sites (tertiary alicyclic amines) is 1. The smallest absolute Gasteiger partial charge is 0.0706 e. The summed E-state index contributed by atoms with van der Waals surface area (Å²) in [6.45, 7) is 1.23. The van der Waals surface area contributed by atoms with Crippen LogP contribution in [0.2, 0.25) is 0 Å². The van der Waals surface area contributed by atoms with Gasteiger partial charge in [-0.2, -0.15) is 0 Å². The predicted molar refractivity (Wildman–Crippen MR) is 83.6 cm³/mol. The Morgan fingerprint density at radius 1 is 1.30 bits per heavy atom. The lowest BCUT2D eigenvalue weighted by Gasteiger charge is -2.21. The molecule has 1 aromatic carbocycles. The lowest BCUT2D eigenvalue weighted by atomic mass is 10.0. The molecule has 1 aliphatic heterocycles. The molecule has 2 heterocycles. The maximum absolute atomic E-state index is 6.33. The summed E-state index contributed by atoms with van der Waals surface area (Å²) >= 11 is 0. The molecule has 0 radical (unpaired) electrons. The fraction of sp³-hybridized carbons (Fsp3) is 0.471. The molecule has 1 aromatic heterocycles. The van der Waals surface area contributed by atoms with Gasteiger partial charge in [-0.05, 0) is 51.4 Å². The summed E-state index contributed by atoms with van der Waals surface area (Å²) in [5, 5.41) is 1.18. The first-order valence-electron chi connectivity index (χ1n) is 7.55. The Hall–Kier alpha value is -1.45. The summed E-state index contributed by atoms with van der Waals surface area (Å²) in [4.78, 5) is 7.16. The van der Waals surface area contributed by atoms with Crippen LogP contribution in [0.25, 0.3) is 10.9 Å². The Balaban J connectivity index is 1.67. The second kappa shape index (κ2) is 5.90. The third kappa shape index (κ3) is 2.84. The first kappa shape index (κ1) is 13.5. The summed E-state index contributed by atoms with van der Waals surface area (Å²) in [6, 6.07) is 13.2. The zero-order chi connectivity index (χ0) is 13.9. The van der Waals surface area contributed by atoms with Gasteiger partial charge in [0.05, 0.1) is 11.2 Å². The number of nitrogens with two attached hydrogens (primary N) is 1. The Labute approximate surface area is 120 Å². The Bertz CT molecular complexity index is 581. The largest absolute Gasteiger partial charge is 0.323 e. The number of aromatic nitrogens is 1. The first-order chi connectivity index (χ1) is 9.74. The van der Waals surface area contributed by atoms with Crippen LogP contribution in [-0.4, -0.2) is 29.5 Å². The number of hydrogen-bond donors (Lipinski definition) is 1. The van der Waals surface area contributed by atoms with E-state index in [1.54, 1.807) is 0 Å². The van der Waals surface area contributed by atoms with Crippen LogP contribution in [0.3, 0.4) is 0 Å². The fourth-order valence-electron chi connectivity index (χ4n) is 3.15. The van der Waals surface area contributed by atoms with E-state index in [0.717, 1.165) is 17.6 Å². The molecule has 3 nitrogen and oxygen atoms in total. The summed E-state index contributed by atoms with van der Waals surface area (Å²) in [5.74, 6) is 0. The van der Waals surface area contributed by atoms with E-state index >= 15 is 0 Å². The second-order valence-electron chi connectivity index (χ2n) is 5.89. The first-order valence-corrected chi connectivity index (χ1v) is 7.55. The van der Waals surface area contributed by atoms with E-state index in [9.17, 15) is 0 Å². The molecule has 3 heteroatoms. The molecule has 1 aliphatic rings. The van der Waals surface area contributed by atoms with E-state index in [4.69, 9.17) is 10.7 Å². The number of benzene rings is 1. The molecule has 3 rings (SSSR count). The molecule has 0 aliphatic carbocycles. The van der Waals surface area contributed by atoms with Crippen molar-refractivity contribution in [3.8, 4) is 0 Å². The van der Waals surface area contributed by atoms with Crippen LogP contribution < -0.4 is 5.73 Å². The van der Waals surface area contributed by atoms with Gasteiger partial charge in [0.25, 0.3) is 0 Å². The Morgan fingerprint density at radius 3 is 2.95 bits per heavy atom. The van der Waals surface area contributed by atoms with Crippen LogP contribution in [0.4, 0.5) is 0 Å². The third-order valence-electron chi connectivity index (χ3n) is 4.48. The van der Waals surface area contributed by atoms with E-state index in [2.05, 4.69) is 36.2 Å². The molecule has 2 unspecified atom stereocenters. The zero-order valence-corrected chi connectivity index (χ0v) is 12.1. The number of rotatable bonds is 4. The molecule has 0 spiro atoms. The van der Waals surface area contributed by atoms with E-state index in [1.165, 1.54) is 31.2 Å². The van der Waals surface area contributed by atoms with Crippen LogP contribution in [0.5, 0.6) is 0 Å². The summed E-state index contributed by atoms with van der Waals surface area (Å²) in [5.41, 5.74) is 8.39. The van der Waals surface area contributed by atoms with Gasteiger partial charge in [0.1, 0.15) is 0 Å². The van der Waals surface area contributed by atoms with Gasteiger partial charge in [-0.25, -0.2) is 0 Å². The fourth-order valence-corrected chi connectivity index (χ4v) is 3.15. The minimum atomic E-state index is 0.0496. The SMILES string of the molecule is CN1CCCC1CCC(N)c1ccc2ccccc2n1. The minimum absolute atomic E-state index is 0.0496. The van der Waals surface area contributed by atoms with Crippen molar-refractivity contribution in [2.75, 3.05) is 13.6 Å². The highest BCUT2D eigenvalue weighted by molar-refractivity contribution is 5.78. The quantitative estimate of drug-likeness (QED) is 0.927. The van der Waals surface area contributed by atoms with Gasteiger partial charge < -0.3 is 10.6 Å². The van der Waals surface area contributed by atoms with Gasteiger partial charge in [-0.1, -0.05) is 24.3 Å². The maximum Gasteiger partial charge on any atom is 0.0706 e. The molecule has 2 atom stereocenters. The van der Waals surface area contributed by atoms with Crippen molar-refractivity contribution < 1.29 is 0 Å². The van der Waals surface area contributed by atoms with Crippen molar-refractivity contribution >= 4 is 10.9 Å². The molecule has 0 saturated carbocycles. The topological polar surface area (TPSA) is 42.1 Å². The highest BCUT2D eigenvalue weighted by Crippen LogP contribution is 2.24. The standard InChI is InChI=1S/C17H23N3/c1-20-12-4-6-14(20)9-10-15(18)17-11-8-13-5-2-3-7-16(13)19-17/h2-3,5,7-8,11,14-15H,4,6,9-10,12,18H2,1H3. The number of para-hydroxylation sites is 1. The highest BCUT2D eigenvalue weighted by atomic mass is 15.1. The van der Waals surface area contributed by atoms with Gasteiger partial charge >= 0.3 is 0 Å². The maximum atomic E-state index is 6.33. The molecule has 2 aromatic rings. The van der Waals surface area contributed by atoms with Crippen molar-refractivity contribution in [1.29, 1.82) is 0 Å². The number of fused-ring (bicyclic) bond motifs is 1. The number of hydrogen-bond acceptors (Lipinski definition) is 3. The van der Waals surface area contributed by atoms with Crippen molar-refractivity contribution in [1.82, 2.24) is 9.88 Å². The highest BCUT2D eigenvalue weighted by Gasteiger charge is 2.21. The van der Waals surface area contributed by atoms with Crippen molar-refractivity contribution in [3.63, 3.8) is 0 Å². The monoisotopic (exact) mass is 269 g/mol. The van der Waals surface area contributed by atoms with Gasteiger partial charge in [0.2, 0.25) is 0 Å². The van der Waals surface area contributed by atoms with E-state index in [0.29, 0.717) is 6.04 Å². The normalized spacial score (nSPS) is 21.4. The van der Waals surface area contributed by atoms with Crippen LogP contribution in [-0.2, 0) is 0 Å². The third-order valence-corrected chi connectivity index (χ3v) is 4.48. The lowest BCUT2D eigenvalue weighted by molar-refractivity contribution is 0.286. The van der Waals surface area contributed by atoms with Gasteiger partial charge in [-0.15, -0.1) is 0 Å². The lowest BCUT2D eigenvalue weighted by Crippen LogP contribution is -2.26. The van der Waals surface area contributed by atoms with Crippen LogP contribution >= 0.6 is 0 Å². The van der Waals surface area contributed by atoms with Crippen molar-refractivity contribution in [2.24, 2.45) is 5.73 Å². The van der Waals surface area contributed by atoms with E-state index in [-0.39, 0.29) is 6.04 Å². The predicted octanol–water partition coefficient (Wildman–Crippen LogP) is 3.11. The Kier molecular flexibility index (Phi) is 3.99. The zero-order valence-electron chi connectivity index (χ0n) is 12.1. The molecular formula is C17H23N3. The molecular weight excluding hydrogens is 246 g/mol. The minimum Gasteiger partial charge on any atom is -0.323 e. The van der Waals surface area contributed by atoms with Crippen LogP contribution in [0, 0.1) is 0 Å². The van der Waals surface area contributed by atoms with E-state index in [1.807, 2.05) is 12.1 Å². The van der Waals surface area contributed by atoms with Gasteiger partial charge in [-0.3, -0.25) is 4.98 Å². The second-order valence-corrected chi connectivity index (χ2v) is 5.89. The molecule has 1 fully saturated rings. The molecule has 106 valence electrons. The summed E-state index contributed by atoms with van der Waals surface area (Å²) < 4.78 is 0. The van der Waals surface area contributed by atoms with Gasteiger partial charge in [0, 0.05) is 17.5 Å². The van der Waals surface area contributed by atoms with Crippen LogP contribution in [0.15, 0.2) is 36.4 Å². The summed E-state index contributed by atoms with van der Waals surface area (Å²) in [6.07, 6.45) is 4.82. The molecule has 2 N–H and O–H groups in total. The number of pyridine rings is 1. The van der Waals surface area contributed by atoms with Gasteiger partial charge in [0.15, 0.2) is 0 Å². The average molecular weight is 269 g/mol. The Morgan fingerprint density at radius 2 is 2.15 bits per heavy atom. The van der Waals surface area contributed by atoms with Crippen LogP contribution in [0.1, 0.15) is 37.4 Å². The molecule has 1 saturated heterocycles.